The number of hydrogen-bond donors (Lipinski definition) is 0. The van der Waals surface area contributed by atoms with E-state index in [9.17, 15) is 4.79 Å². The smallest absolute Gasteiger partial charge is 0.254 e. The molecule has 1 fully saturated rings. The van der Waals surface area contributed by atoms with Crippen LogP contribution in [0.3, 0.4) is 0 Å². The lowest BCUT2D eigenvalue weighted by Gasteiger charge is -2.33. The van der Waals surface area contributed by atoms with Crippen molar-refractivity contribution in [1.29, 1.82) is 0 Å². The Hall–Kier alpha value is -1.35. The Morgan fingerprint density at radius 1 is 1.38 bits per heavy atom. The Labute approximate surface area is 96.0 Å². The van der Waals surface area contributed by atoms with Gasteiger partial charge in [-0.15, -0.1) is 0 Å². The van der Waals surface area contributed by atoms with Gasteiger partial charge in [-0.05, 0) is 26.0 Å². The fourth-order valence-corrected chi connectivity index (χ4v) is 1.89. The van der Waals surface area contributed by atoms with Crippen molar-refractivity contribution in [2.24, 2.45) is 0 Å². The van der Waals surface area contributed by atoms with Crippen LogP contribution in [0.4, 0.5) is 0 Å². The maximum atomic E-state index is 12.2. The zero-order valence-corrected chi connectivity index (χ0v) is 9.77. The molecule has 2 rings (SSSR count). The van der Waals surface area contributed by atoms with E-state index in [2.05, 4.69) is 0 Å². The van der Waals surface area contributed by atoms with E-state index in [1.165, 1.54) is 5.56 Å². The molecule has 1 unspecified atom stereocenters. The van der Waals surface area contributed by atoms with E-state index in [1.807, 2.05) is 43.0 Å². The van der Waals surface area contributed by atoms with Crippen LogP contribution in [0, 0.1) is 6.92 Å². The standard InChI is InChI=1S/C13H17NO2/c1-10-3-5-12(6-4-10)13(15)14-7-8-16-9-11(14)2/h3-6,11H,7-9H2,1-2H3. The average Bonchev–Trinajstić information content (AvgIpc) is 2.30. The summed E-state index contributed by atoms with van der Waals surface area (Å²) in [5.74, 6) is 0.107. The Morgan fingerprint density at radius 3 is 2.69 bits per heavy atom. The van der Waals surface area contributed by atoms with Crippen molar-refractivity contribution in [3.63, 3.8) is 0 Å². The van der Waals surface area contributed by atoms with Crippen LogP contribution in [0.2, 0.25) is 0 Å². The summed E-state index contributed by atoms with van der Waals surface area (Å²) in [4.78, 5) is 14.1. The minimum Gasteiger partial charge on any atom is -0.377 e. The average molecular weight is 219 g/mol. The lowest BCUT2D eigenvalue weighted by Crippen LogP contribution is -2.47. The number of amides is 1. The van der Waals surface area contributed by atoms with Crippen molar-refractivity contribution in [2.75, 3.05) is 19.8 Å². The van der Waals surface area contributed by atoms with Gasteiger partial charge in [0, 0.05) is 12.1 Å². The van der Waals surface area contributed by atoms with Crippen LogP contribution in [-0.4, -0.2) is 36.6 Å². The molecule has 1 aromatic rings. The fourth-order valence-electron chi connectivity index (χ4n) is 1.89. The van der Waals surface area contributed by atoms with Crippen molar-refractivity contribution < 1.29 is 9.53 Å². The van der Waals surface area contributed by atoms with Gasteiger partial charge in [0.15, 0.2) is 0 Å². The Balaban J connectivity index is 2.14. The monoisotopic (exact) mass is 219 g/mol. The minimum absolute atomic E-state index is 0.107. The van der Waals surface area contributed by atoms with Crippen molar-refractivity contribution in [2.45, 2.75) is 19.9 Å². The summed E-state index contributed by atoms with van der Waals surface area (Å²) in [5, 5.41) is 0. The van der Waals surface area contributed by atoms with E-state index in [0.717, 1.165) is 5.56 Å². The number of carbonyl (C=O) groups is 1. The molecule has 1 heterocycles. The second-order valence-electron chi connectivity index (χ2n) is 4.29. The highest BCUT2D eigenvalue weighted by Gasteiger charge is 2.24. The number of nitrogens with zero attached hydrogens (tertiary/aromatic N) is 1. The fraction of sp³-hybridized carbons (Fsp3) is 0.462. The van der Waals surface area contributed by atoms with Gasteiger partial charge in [0.2, 0.25) is 0 Å². The van der Waals surface area contributed by atoms with Crippen LogP contribution < -0.4 is 0 Å². The molecule has 0 N–H and O–H groups in total. The van der Waals surface area contributed by atoms with E-state index in [4.69, 9.17) is 4.74 Å². The van der Waals surface area contributed by atoms with Gasteiger partial charge in [-0.3, -0.25) is 4.79 Å². The van der Waals surface area contributed by atoms with Crippen molar-refractivity contribution in [3.05, 3.63) is 35.4 Å². The summed E-state index contributed by atoms with van der Waals surface area (Å²) < 4.78 is 5.32. The van der Waals surface area contributed by atoms with Crippen LogP contribution in [-0.2, 0) is 4.74 Å². The molecule has 0 aliphatic carbocycles. The second-order valence-corrected chi connectivity index (χ2v) is 4.29. The first-order chi connectivity index (χ1) is 7.68. The van der Waals surface area contributed by atoms with Crippen LogP contribution in [0.25, 0.3) is 0 Å². The Morgan fingerprint density at radius 2 is 2.06 bits per heavy atom. The van der Waals surface area contributed by atoms with Crippen LogP contribution in [0.5, 0.6) is 0 Å². The topological polar surface area (TPSA) is 29.5 Å². The normalized spacial score (nSPS) is 20.9. The lowest BCUT2D eigenvalue weighted by molar-refractivity contribution is 0.00359. The van der Waals surface area contributed by atoms with Gasteiger partial charge in [0.05, 0.1) is 19.3 Å². The quantitative estimate of drug-likeness (QED) is 0.721. The predicted octanol–water partition coefficient (Wildman–Crippen LogP) is 1.86. The summed E-state index contributed by atoms with van der Waals surface area (Å²) >= 11 is 0. The van der Waals surface area contributed by atoms with Crippen LogP contribution in [0.15, 0.2) is 24.3 Å². The number of morpholine rings is 1. The molecule has 1 saturated heterocycles. The lowest BCUT2D eigenvalue weighted by atomic mass is 10.1. The molecule has 1 atom stereocenters. The summed E-state index contributed by atoms with van der Waals surface area (Å²) in [7, 11) is 0. The molecule has 1 aliphatic heterocycles. The zero-order chi connectivity index (χ0) is 11.5. The molecular formula is C13H17NO2. The molecule has 0 bridgehead atoms. The third-order valence-corrected chi connectivity index (χ3v) is 2.93. The van der Waals surface area contributed by atoms with Crippen molar-refractivity contribution in [1.82, 2.24) is 4.90 Å². The van der Waals surface area contributed by atoms with Gasteiger partial charge in [-0.2, -0.15) is 0 Å². The van der Waals surface area contributed by atoms with Crippen molar-refractivity contribution >= 4 is 5.91 Å². The van der Waals surface area contributed by atoms with Crippen LogP contribution >= 0.6 is 0 Å². The third-order valence-electron chi connectivity index (χ3n) is 2.93. The van der Waals surface area contributed by atoms with Gasteiger partial charge in [-0.25, -0.2) is 0 Å². The first-order valence-corrected chi connectivity index (χ1v) is 5.64. The summed E-state index contributed by atoms with van der Waals surface area (Å²) in [5.41, 5.74) is 1.94. The highest BCUT2D eigenvalue weighted by Crippen LogP contribution is 2.12. The second kappa shape index (κ2) is 4.66. The molecule has 3 nitrogen and oxygen atoms in total. The van der Waals surface area contributed by atoms with Gasteiger partial charge < -0.3 is 9.64 Å². The van der Waals surface area contributed by atoms with Gasteiger partial charge in [-0.1, -0.05) is 17.7 Å². The first kappa shape index (κ1) is 11.1. The molecule has 1 amide bonds. The first-order valence-electron chi connectivity index (χ1n) is 5.64. The summed E-state index contributed by atoms with van der Waals surface area (Å²) in [6.45, 7) is 6.00. The van der Waals surface area contributed by atoms with Gasteiger partial charge >= 0.3 is 0 Å². The zero-order valence-electron chi connectivity index (χ0n) is 9.77. The molecule has 0 spiro atoms. The molecule has 0 radical (unpaired) electrons. The molecule has 0 saturated carbocycles. The predicted molar refractivity (Wildman–Crippen MR) is 62.5 cm³/mol. The van der Waals surface area contributed by atoms with Gasteiger partial charge in [0.1, 0.15) is 0 Å². The van der Waals surface area contributed by atoms with E-state index >= 15 is 0 Å². The third kappa shape index (κ3) is 2.25. The maximum absolute atomic E-state index is 12.2. The number of rotatable bonds is 1. The SMILES string of the molecule is Cc1ccc(C(=O)N2CCOCC2C)cc1. The van der Waals surface area contributed by atoms with Crippen molar-refractivity contribution in [3.8, 4) is 0 Å². The molecule has 86 valence electrons. The number of carbonyl (C=O) groups excluding carboxylic acids is 1. The number of hydrogen-bond acceptors (Lipinski definition) is 2. The molecule has 0 aromatic heterocycles. The Bertz CT molecular complexity index is 372. The highest BCUT2D eigenvalue weighted by molar-refractivity contribution is 5.94. The molecule has 1 aromatic carbocycles. The van der Waals surface area contributed by atoms with Gasteiger partial charge in [0.25, 0.3) is 5.91 Å². The highest BCUT2D eigenvalue weighted by atomic mass is 16.5. The number of aryl methyl sites for hydroxylation is 1. The molecular weight excluding hydrogens is 202 g/mol. The molecule has 3 heteroatoms. The van der Waals surface area contributed by atoms with E-state index in [-0.39, 0.29) is 11.9 Å². The number of ether oxygens (including phenoxy) is 1. The Kier molecular flexibility index (Phi) is 3.25. The number of benzene rings is 1. The molecule has 16 heavy (non-hydrogen) atoms. The minimum atomic E-state index is 0.107. The van der Waals surface area contributed by atoms with E-state index in [0.29, 0.717) is 19.8 Å². The molecule has 1 aliphatic rings. The summed E-state index contributed by atoms with van der Waals surface area (Å²) in [6, 6.07) is 7.89. The summed E-state index contributed by atoms with van der Waals surface area (Å²) in [6.07, 6.45) is 0. The van der Waals surface area contributed by atoms with Crippen LogP contribution in [0.1, 0.15) is 22.8 Å². The maximum Gasteiger partial charge on any atom is 0.254 e. The largest absolute Gasteiger partial charge is 0.377 e. The van der Waals surface area contributed by atoms with E-state index < -0.39 is 0 Å². The van der Waals surface area contributed by atoms with E-state index in [1.54, 1.807) is 0 Å².